The van der Waals surface area contributed by atoms with Crippen molar-refractivity contribution in [3.63, 3.8) is 0 Å². The van der Waals surface area contributed by atoms with E-state index >= 15 is 0 Å². The predicted octanol–water partition coefficient (Wildman–Crippen LogP) is 2.68. The minimum absolute atomic E-state index is 0.0136. The van der Waals surface area contributed by atoms with E-state index in [0.29, 0.717) is 11.1 Å². The lowest BCUT2D eigenvalue weighted by atomic mass is 9.83. The average Bonchev–Trinajstić information content (AvgIpc) is 2.83. The standard InChI is InChI=1S/C14H18FNO/c1-10(17)11-3-5-12(6-4-11)14(2,15)13-7-8-16-9-13/h3-6,13,16H,7-9H2,1-2H3. The Morgan fingerprint density at radius 2 is 2.06 bits per heavy atom. The molecule has 1 N–H and O–H groups in total. The van der Waals surface area contributed by atoms with Crippen LogP contribution in [0.4, 0.5) is 4.39 Å². The molecule has 92 valence electrons. The van der Waals surface area contributed by atoms with Crippen molar-refractivity contribution in [3.05, 3.63) is 35.4 Å². The molecule has 2 rings (SSSR count). The highest BCUT2D eigenvalue weighted by atomic mass is 19.1. The Morgan fingerprint density at radius 1 is 1.41 bits per heavy atom. The Balaban J connectivity index is 2.23. The van der Waals surface area contributed by atoms with E-state index in [2.05, 4.69) is 5.32 Å². The van der Waals surface area contributed by atoms with E-state index in [0.717, 1.165) is 19.5 Å². The van der Waals surface area contributed by atoms with Gasteiger partial charge in [-0.15, -0.1) is 0 Å². The molecule has 0 radical (unpaired) electrons. The zero-order chi connectivity index (χ0) is 12.5. The second-order valence-corrected chi connectivity index (χ2v) is 4.90. The fourth-order valence-corrected chi connectivity index (χ4v) is 2.38. The van der Waals surface area contributed by atoms with Gasteiger partial charge in [0, 0.05) is 18.0 Å². The van der Waals surface area contributed by atoms with Crippen molar-refractivity contribution in [1.82, 2.24) is 5.32 Å². The number of rotatable bonds is 3. The molecule has 17 heavy (non-hydrogen) atoms. The van der Waals surface area contributed by atoms with Crippen LogP contribution in [-0.2, 0) is 5.67 Å². The summed E-state index contributed by atoms with van der Waals surface area (Å²) in [6.07, 6.45) is 0.863. The van der Waals surface area contributed by atoms with Gasteiger partial charge in [-0.2, -0.15) is 0 Å². The van der Waals surface area contributed by atoms with E-state index in [1.54, 1.807) is 31.2 Å². The van der Waals surface area contributed by atoms with Gasteiger partial charge < -0.3 is 5.32 Å². The molecule has 1 aromatic carbocycles. The van der Waals surface area contributed by atoms with Gasteiger partial charge in [-0.05, 0) is 32.4 Å². The highest BCUT2D eigenvalue weighted by Crippen LogP contribution is 2.37. The van der Waals surface area contributed by atoms with Crippen LogP contribution in [0.25, 0.3) is 0 Å². The average molecular weight is 235 g/mol. The minimum Gasteiger partial charge on any atom is -0.316 e. The van der Waals surface area contributed by atoms with Crippen LogP contribution >= 0.6 is 0 Å². The third-order valence-electron chi connectivity index (χ3n) is 3.68. The number of benzene rings is 1. The summed E-state index contributed by atoms with van der Waals surface area (Å²) in [5.41, 5.74) is -0.0240. The maximum atomic E-state index is 14.7. The van der Waals surface area contributed by atoms with Crippen LogP contribution in [0, 0.1) is 5.92 Å². The monoisotopic (exact) mass is 235 g/mol. The molecule has 0 aliphatic carbocycles. The number of alkyl halides is 1. The van der Waals surface area contributed by atoms with Crippen LogP contribution < -0.4 is 5.32 Å². The molecule has 1 heterocycles. The van der Waals surface area contributed by atoms with Crippen LogP contribution in [0.1, 0.15) is 36.2 Å². The van der Waals surface area contributed by atoms with Crippen LogP contribution in [0.2, 0.25) is 0 Å². The van der Waals surface area contributed by atoms with Crippen LogP contribution in [0.5, 0.6) is 0 Å². The highest BCUT2D eigenvalue weighted by molar-refractivity contribution is 5.94. The van der Waals surface area contributed by atoms with Crippen molar-refractivity contribution in [3.8, 4) is 0 Å². The molecule has 0 aromatic heterocycles. The van der Waals surface area contributed by atoms with Gasteiger partial charge in [-0.3, -0.25) is 4.79 Å². The van der Waals surface area contributed by atoms with Gasteiger partial charge in [0.05, 0.1) is 0 Å². The number of Topliss-reactive ketones (excluding diaryl/α,β-unsaturated/α-hetero) is 1. The molecular weight excluding hydrogens is 217 g/mol. The van der Waals surface area contributed by atoms with E-state index in [1.807, 2.05) is 0 Å². The van der Waals surface area contributed by atoms with Crippen molar-refractivity contribution < 1.29 is 9.18 Å². The molecule has 0 bridgehead atoms. The molecule has 2 unspecified atom stereocenters. The van der Waals surface area contributed by atoms with Gasteiger partial charge >= 0.3 is 0 Å². The molecule has 1 aliphatic rings. The normalized spacial score (nSPS) is 23.4. The molecule has 1 saturated heterocycles. The largest absolute Gasteiger partial charge is 0.316 e. The second kappa shape index (κ2) is 4.57. The Bertz CT molecular complexity index is 405. The predicted molar refractivity (Wildman–Crippen MR) is 65.9 cm³/mol. The summed E-state index contributed by atoms with van der Waals surface area (Å²) in [7, 11) is 0. The summed E-state index contributed by atoms with van der Waals surface area (Å²) in [5.74, 6) is 0.0327. The number of carbonyl (C=O) groups is 1. The Kier molecular flexibility index (Phi) is 3.29. The maximum Gasteiger partial charge on any atom is 0.159 e. The van der Waals surface area contributed by atoms with Gasteiger partial charge in [-0.1, -0.05) is 24.3 Å². The molecule has 1 aromatic rings. The third kappa shape index (κ3) is 2.39. The van der Waals surface area contributed by atoms with Gasteiger partial charge in [0.1, 0.15) is 5.67 Å². The van der Waals surface area contributed by atoms with Gasteiger partial charge in [-0.25, -0.2) is 4.39 Å². The number of hydrogen-bond donors (Lipinski definition) is 1. The van der Waals surface area contributed by atoms with Gasteiger partial charge in [0.15, 0.2) is 5.78 Å². The lowest BCUT2D eigenvalue weighted by molar-refractivity contribution is 0.101. The van der Waals surface area contributed by atoms with Crippen molar-refractivity contribution in [2.24, 2.45) is 5.92 Å². The molecule has 0 amide bonds. The number of nitrogens with one attached hydrogen (secondary N) is 1. The maximum absolute atomic E-state index is 14.7. The highest BCUT2D eigenvalue weighted by Gasteiger charge is 2.37. The summed E-state index contributed by atoms with van der Waals surface area (Å²) >= 11 is 0. The summed E-state index contributed by atoms with van der Waals surface area (Å²) in [5, 5.41) is 3.18. The molecule has 0 spiro atoms. The summed E-state index contributed by atoms with van der Waals surface area (Å²) in [6, 6.07) is 6.87. The topological polar surface area (TPSA) is 29.1 Å². The fraction of sp³-hybridized carbons (Fsp3) is 0.500. The molecule has 2 nitrogen and oxygen atoms in total. The van der Waals surface area contributed by atoms with E-state index in [4.69, 9.17) is 0 Å². The fourth-order valence-electron chi connectivity index (χ4n) is 2.38. The van der Waals surface area contributed by atoms with Crippen LogP contribution in [0.15, 0.2) is 24.3 Å². The molecular formula is C14H18FNO. The number of ketones is 1. The van der Waals surface area contributed by atoms with Crippen LogP contribution in [-0.4, -0.2) is 18.9 Å². The molecule has 1 fully saturated rings. The van der Waals surface area contributed by atoms with Crippen LogP contribution in [0.3, 0.4) is 0 Å². The number of halogens is 1. The lowest BCUT2D eigenvalue weighted by Crippen LogP contribution is -2.29. The molecule has 2 atom stereocenters. The first-order valence-corrected chi connectivity index (χ1v) is 6.03. The third-order valence-corrected chi connectivity index (χ3v) is 3.68. The van der Waals surface area contributed by atoms with E-state index < -0.39 is 5.67 Å². The Morgan fingerprint density at radius 3 is 2.53 bits per heavy atom. The lowest BCUT2D eigenvalue weighted by Gasteiger charge is -2.27. The van der Waals surface area contributed by atoms with E-state index in [9.17, 15) is 9.18 Å². The molecule has 3 heteroatoms. The second-order valence-electron chi connectivity index (χ2n) is 4.90. The Hall–Kier alpha value is -1.22. The number of carbonyl (C=O) groups excluding carboxylic acids is 1. The van der Waals surface area contributed by atoms with Gasteiger partial charge in [0.2, 0.25) is 0 Å². The number of hydrogen-bond acceptors (Lipinski definition) is 2. The SMILES string of the molecule is CC(=O)c1ccc(C(C)(F)C2CCNC2)cc1. The smallest absolute Gasteiger partial charge is 0.159 e. The summed E-state index contributed by atoms with van der Waals surface area (Å²) in [4.78, 5) is 11.2. The molecule has 0 saturated carbocycles. The summed E-state index contributed by atoms with van der Waals surface area (Å²) in [6.45, 7) is 4.76. The van der Waals surface area contributed by atoms with Crippen molar-refractivity contribution in [2.45, 2.75) is 25.9 Å². The molecule has 1 aliphatic heterocycles. The summed E-state index contributed by atoms with van der Waals surface area (Å²) < 4.78 is 14.7. The van der Waals surface area contributed by atoms with E-state index in [-0.39, 0.29) is 11.7 Å². The van der Waals surface area contributed by atoms with Crippen molar-refractivity contribution in [1.29, 1.82) is 0 Å². The zero-order valence-corrected chi connectivity index (χ0v) is 10.3. The van der Waals surface area contributed by atoms with Crippen molar-refractivity contribution in [2.75, 3.05) is 13.1 Å². The first-order chi connectivity index (χ1) is 8.01. The van der Waals surface area contributed by atoms with E-state index in [1.165, 1.54) is 6.92 Å². The Labute approximate surface area is 101 Å². The first kappa shape index (κ1) is 12.2. The quantitative estimate of drug-likeness (QED) is 0.816. The first-order valence-electron chi connectivity index (χ1n) is 6.03. The van der Waals surface area contributed by atoms with Gasteiger partial charge in [0.25, 0.3) is 0 Å². The van der Waals surface area contributed by atoms with Crippen molar-refractivity contribution >= 4 is 5.78 Å². The minimum atomic E-state index is -1.32. The zero-order valence-electron chi connectivity index (χ0n) is 10.3.